The van der Waals surface area contributed by atoms with Crippen LogP contribution >= 0.6 is 0 Å². The Morgan fingerprint density at radius 1 is 1.09 bits per heavy atom. The second kappa shape index (κ2) is 10.5. The number of hydrogen-bond donors (Lipinski definition) is 1. The minimum atomic E-state index is -0.512. The van der Waals surface area contributed by atoms with Gasteiger partial charge in [-0.15, -0.1) is 0 Å². The van der Waals surface area contributed by atoms with Gasteiger partial charge in [0.05, 0.1) is 18.8 Å². The van der Waals surface area contributed by atoms with E-state index in [4.69, 9.17) is 9.47 Å². The first-order chi connectivity index (χ1) is 16.2. The third kappa shape index (κ3) is 5.54. The predicted octanol–water partition coefficient (Wildman–Crippen LogP) is 5.21. The van der Waals surface area contributed by atoms with Crippen LogP contribution < -0.4 is 10.1 Å². The number of nitrogens with one attached hydrogen (secondary N) is 1. The molecule has 7 nitrogen and oxygen atoms in total. The van der Waals surface area contributed by atoms with Crippen molar-refractivity contribution in [3.05, 3.63) is 82.7 Å². The zero-order valence-corrected chi connectivity index (χ0v) is 19.9. The molecule has 0 saturated carbocycles. The standard InChI is InChI=1S/C27H27N3O4/c1-17(2)34-25-11-7-9-23(15-25)29-26(31)22(16-28)13-21-12-18(3)30(19(21)4)24-10-6-8-20(14-24)27(32)33-5/h6-15,17H,1-5H3,(H,29,31)/b22-13-. The molecule has 1 aromatic heterocycles. The summed E-state index contributed by atoms with van der Waals surface area (Å²) >= 11 is 0. The van der Waals surface area contributed by atoms with Crippen molar-refractivity contribution in [2.75, 3.05) is 12.4 Å². The fraction of sp³-hybridized carbons (Fsp3) is 0.222. The zero-order chi connectivity index (χ0) is 24.8. The highest BCUT2D eigenvalue weighted by Crippen LogP contribution is 2.24. The number of anilines is 1. The highest BCUT2D eigenvalue weighted by molar-refractivity contribution is 6.09. The summed E-state index contributed by atoms with van der Waals surface area (Å²) in [4.78, 5) is 24.7. The van der Waals surface area contributed by atoms with Crippen molar-refractivity contribution in [3.8, 4) is 17.5 Å². The van der Waals surface area contributed by atoms with E-state index < -0.39 is 11.9 Å². The summed E-state index contributed by atoms with van der Waals surface area (Å²) in [6.45, 7) is 7.65. The summed E-state index contributed by atoms with van der Waals surface area (Å²) in [5.41, 5.74) is 4.17. The van der Waals surface area contributed by atoms with Gasteiger partial charge in [0.2, 0.25) is 0 Å². The molecule has 0 fully saturated rings. The summed E-state index contributed by atoms with van der Waals surface area (Å²) < 4.78 is 12.4. The van der Waals surface area contributed by atoms with Crippen molar-refractivity contribution in [2.45, 2.75) is 33.8 Å². The first-order valence-corrected chi connectivity index (χ1v) is 10.8. The van der Waals surface area contributed by atoms with Crippen LogP contribution in [0.1, 0.15) is 41.2 Å². The van der Waals surface area contributed by atoms with Gasteiger partial charge < -0.3 is 19.4 Å². The van der Waals surface area contributed by atoms with Crippen LogP contribution in [-0.4, -0.2) is 29.7 Å². The highest BCUT2D eigenvalue weighted by atomic mass is 16.5. The molecular formula is C27H27N3O4. The van der Waals surface area contributed by atoms with Gasteiger partial charge in [-0.2, -0.15) is 5.26 Å². The molecule has 3 rings (SSSR count). The SMILES string of the molecule is COC(=O)c1cccc(-n2c(C)cc(/C=C(/C#N)C(=O)Nc3cccc(OC(C)C)c3)c2C)c1. The molecule has 0 radical (unpaired) electrons. The molecule has 0 unspecified atom stereocenters. The summed E-state index contributed by atoms with van der Waals surface area (Å²) in [6, 6.07) is 18.0. The van der Waals surface area contributed by atoms with E-state index in [1.165, 1.54) is 7.11 Å². The third-order valence-corrected chi connectivity index (χ3v) is 5.12. The number of benzene rings is 2. The van der Waals surface area contributed by atoms with Crippen molar-refractivity contribution in [3.63, 3.8) is 0 Å². The smallest absolute Gasteiger partial charge is 0.337 e. The Bertz CT molecular complexity index is 1300. The Balaban J connectivity index is 1.90. The largest absolute Gasteiger partial charge is 0.491 e. The number of hydrogen-bond acceptors (Lipinski definition) is 5. The van der Waals surface area contributed by atoms with Gasteiger partial charge in [0, 0.05) is 28.8 Å². The van der Waals surface area contributed by atoms with Crippen molar-refractivity contribution >= 4 is 23.6 Å². The Morgan fingerprint density at radius 2 is 1.82 bits per heavy atom. The lowest BCUT2D eigenvalue weighted by Crippen LogP contribution is -2.14. The fourth-order valence-corrected chi connectivity index (χ4v) is 3.64. The van der Waals surface area contributed by atoms with Crippen LogP contribution in [0, 0.1) is 25.2 Å². The number of methoxy groups -OCH3 is 1. The molecular weight excluding hydrogens is 430 g/mol. The number of rotatable bonds is 7. The molecule has 0 spiro atoms. The molecule has 0 aliphatic rings. The molecule has 0 atom stereocenters. The number of aryl methyl sites for hydroxylation is 1. The van der Waals surface area contributed by atoms with Gasteiger partial charge in [-0.1, -0.05) is 12.1 Å². The monoisotopic (exact) mass is 457 g/mol. The molecule has 7 heteroatoms. The second-order valence-corrected chi connectivity index (χ2v) is 8.02. The van der Waals surface area contributed by atoms with Crippen molar-refractivity contribution in [1.82, 2.24) is 4.57 Å². The van der Waals surface area contributed by atoms with Gasteiger partial charge >= 0.3 is 5.97 Å². The molecule has 34 heavy (non-hydrogen) atoms. The average Bonchev–Trinajstić information content (AvgIpc) is 3.09. The van der Waals surface area contributed by atoms with Gasteiger partial charge in [-0.25, -0.2) is 4.79 Å². The van der Waals surface area contributed by atoms with E-state index in [0.29, 0.717) is 17.0 Å². The van der Waals surface area contributed by atoms with Gasteiger partial charge in [-0.05, 0) is 75.7 Å². The van der Waals surface area contributed by atoms with E-state index in [1.807, 2.05) is 50.5 Å². The van der Waals surface area contributed by atoms with Crippen molar-refractivity contribution < 1.29 is 19.1 Å². The van der Waals surface area contributed by atoms with Crippen LogP contribution in [0.3, 0.4) is 0 Å². The quantitative estimate of drug-likeness (QED) is 0.298. The Labute approximate surface area is 199 Å². The van der Waals surface area contributed by atoms with E-state index in [0.717, 1.165) is 22.6 Å². The second-order valence-electron chi connectivity index (χ2n) is 8.02. The number of ether oxygens (including phenoxy) is 2. The number of carbonyl (C=O) groups excluding carboxylic acids is 2. The van der Waals surface area contributed by atoms with Gasteiger partial charge in [0.15, 0.2) is 0 Å². The minimum absolute atomic E-state index is 0.00378. The van der Waals surface area contributed by atoms with Gasteiger partial charge in [-0.3, -0.25) is 4.79 Å². The molecule has 174 valence electrons. The van der Waals surface area contributed by atoms with Crippen LogP contribution in [0.4, 0.5) is 5.69 Å². The topological polar surface area (TPSA) is 93.4 Å². The maximum absolute atomic E-state index is 12.8. The molecule has 1 amide bonds. The average molecular weight is 458 g/mol. The lowest BCUT2D eigenvalue weighted by atomic mass is 10.1. The molecule has 0 aliphatic heterocycles. The third-order valence-electron chi connectivity index (χ3n) is 5.12. The minimum Gasteiger partial charge on any atom is -0.491 e. The molecule has 2 aromatic carbocycles. The summed E-state index contributed by atoms with van der Waals surface area (Å²) in [6.07, 6.45) is 1.57. The van der Waals surface area contributed by atoms with Crippen LogP contribution in [0.25, 0.3) is 11.8 Å². The van der Waals surface area contributed by atoms with E-state index in [2.05, 4.69) is 5.32 Å². The first kappa shape index (κ1) is 24.3. The Kier molecular flexibility index (Phi) is 7.54. The Morgan fingerprint density at radius 3 is 2.50 bits per heavy atom. The number of aromatic nitrogens is 1. The number of amides is 1. The molecule has 0 bridgehead atoms. The van der Waals surface area contributed by atoms with Crippen LogP contribution in [0.2, 0.25) is 0 Å². The number of carbonyl (C=O) groups is 2. The summed E-state index contributed by atoms with van der Waals surface area (Å²) in [5.74, 6) is -0.301. The summed E-state index contributed by atoms with van der Waals surface area (Å²) in [7, 11) is 1.34. The lowest BCUT2D eigenvalue weighted by molar-refractivity contribution is -0.112. The zero-order valence-electron chi connectivity index (χ0n) is 19.9. The number of esters is 1. The van der Waals surface area contributed by atoms with Crippen LogP contribution in [0.5, 0.6) is 5.75 Å². The highest BCUT2D eigenvalue weighted by Gasteiger charge is 2.15. The fourth-order valence-electron chi connectivity index (χ4n) is 3.64. The molecule has 1 N–H and O–H groups in total. The first-order valence-electron chi connectivity index (χ1n) is 10.8. The van der Waals surface area contributed by atoms with Gasteiger partial charge in [0.25, 0.3) is 5.91 Å². The number of nitriles is 1. The normalized spacial score (nSPS) is 11.1. The van der Waals surface area contributed by atoms with Crippen LogP contribution in [-0.2, 0) is 9.53 Å². The van der Waals surface area contributed by atoms with E-state index in [-0.39, 0.29) is 11.7 Å². The molecule has 0 aliphatic carbocycles. The van der Waals surface area contributed by atoms with Crippen molar-refractivity contribution in [2.24, 2.45) is 0 Å². The van der Waals surface area contributed by atoms with E-state index >= 15 is 0 Å². The molecule has 3 aromatic rings. The van der Waals surface area contributed by atoms with E-state index in [9.17, 15) is 14.9 Å². The Hall–Kier alpha value is -4.31. The van der Waals surface area contributed by atoms with Crippen molar-refractivity contribution in [1.29, 1.82) is 5.26 Å². The van der Waals surface area contributed by atoms with E-state index in [1.54, 1.807) is 48.5 Å². The lowest BCUT2D eigenvalue weighted by Gasteiger charge is -2.11. The molecule has 0 saturated heterocycles. The predicted molar refractivity (Wildman–Crippen MR) is 131 cm³/mol. The summed E-state index contributed by atoms with van der Waals surface area (Å²) in [5, 5.41) is 12.4. The maximum Gasteiger partial charge on any atom is 0.337 e. The number of nitrogens with zero attached hydrogens (tertiary/aromatic N) is 2. The maximum atomic E-state index is 12.8. The molecule has 1 heterocycles. The van der Waals surface area contributed by atoms with Crippen LogP contribution in [0.15, 0.2) is 60.2 Å². The van der Waals surface area contributed by atoms with Gasteiger partial charge in [0.1, 0.15) is 17.4 Å².